The minimum Gasteiger partial charge on any atom is -0.351 e. The van der Waals surface area contributed by atoms with E-state index in [2.05, 4.69) is 45.7 Å². The average molecular weight is 409 g/mol. The number of rotatable bonds is 6. The number of aryl methyl sites for hydroxylation is 2. The lowest BCUT2D eigenvalue weighted by atomic mass is 9.96. The largest absolute Gasteiger partial charge is 0.351 e. The van der Waals surface area contributed by atoms with Gasteiger partial charge in [0.15, 0.2) is 0 Å². The van der Waals surface area contributed by atoms with Gasteiger partial charge < -0.3 is 9.88 Å². The Hall–Kier alpha value is -2.73. The smallest absolute Gasteiger partial charge is 0.234 e. The van der Waals surface area contributed by atoms with Gasteiger partial charge in [-0.2, -0.15) is 0 Å². The molecule has 0 bridgehead atoms. The topological polar surface area (TPSA) is 50.2 Å². The van der Waals surface area contributed by atoms with Crippen LogP contribution in [-0.4, -0.2) is 40.0 Å². The van der Waals surface area contributed by atoms with Crippen molar-refractivity contribution < 1.29 is 9.18 Å². The Morgan fingerprint density at radius 2 is 1.83 bits per heavy atom. The molecule has 5 nitrogen and oxygen atoms in total. The molecule has 1 aliphatic heterocycles. The van der Waals surface area contributed by atoms with Crippen LogP contribution in [0.5, 0.6) is 0 Å². The molecule has 0 aliphatic carbocycles. The summed E-state index contributed by atoms with van der Waals surface area (Å²) in [6, 6.07) is 10.6. The summed E-state index contributed by atoms with van der Waals surface area (Å²) in [5.74, 6) is 0.355. The number of aromatic nitrogens is 2. The summed E-state index contributed by atoms with van der Waals surface area (Å²) in [7, 11) is 0. The number of imidazole rings is 1. The number of carbonyl (C=O) groups excluding carboxylic acids is 1. The first-order valence-corrected chi connectivity index (χ1v) is 10.6. The van der Waals surface area contributed by atoms with Crippen molar-refractivity contribution in [2.24, 2.45) is 5.92 Å². The number of likely N-dealkylation sites (tertiary alicyclic amines) is 1. The molecule has 2 aromatic carbocycles. The molecule has 1 amide bonds. The number of hydrogen-bond donors (Lipinski definition) is 1. The molecule has 0 radical (unpaired) electrons. The van der Waals surface area contributed by atoms with E-state index in [0.29, 0.717) is 19.0 Å². The summed E-state index contributed by atoms with van der Waals surface area (Å²) in [5.41, 5.74) is 5.75. The Balaban J connectivity index is 1.24. The molecule has 0 unspecified atom stereocenters. The first-order chi connectivity index (χ1) is 14.5. The second-order valence-electron chi connectivity index (χ2n) is 8.44. The van der Waals surface area contributed by atoms with Crippen LogP contribution >= 0.6 is 0 Å². The van der Waals surface area contributed by atoms with Crippen LogP contribution in [0.25, 0.3) is 11.0 Å². The Morgan fingerprint density at radius 3 is 2.57 bits per heavy atom. The van der Waals surface area contributed by atoms with E-state index in [4.69, 9.17) is 0 Å². The average Bonchev–Trinajstić information content (AvgIpc) is 3.11. The predicted octanol–water partition coefficient (Wildman–Crippen LogP) is 3.82. The van der Waals surface area contributed by atoms with Crippen LogP contribution in [0.2, 0.25) is 0 Å². The molecule has 1 fully saturated rings. The number of halogens is 1. The van der Waals surface area contributed by atoms with Crippen LogP contribution < -0.4 is 5.32 Å². The number of benzene rings is 2. The Bertz CT molecular complexity index is 1020. The van der Waals surface area contributed by atoms with E-state index in [-0.39, 0.29) is 11.7 Å². The minimum absolute atomic E-state index is 0.0178. The van der Waals surface area contributed by atoms with Crippen LogP contribution in [0.4, 0.5) is 4.39 Å². The maximum absolute atomic E-state index is 13.0. The standard InChI is InChI=1S/C24H29FN4O/c1-17-11-22-23(12-18(17)2)29(16-27-22)14-20-7-9-28(10-8-20)15-24(30)26-13-19-3-5-21(25)6-4-19/h3-6,11-12,16,20H,7-10,13-15H2,1-2H3,(H,26,30). The lowest BCUT2D eigenvalue weighted by Gasteiger charge is -2.31. The summed E-state index contributed by atoms with van der Waals surface area (Å²) in [5, 5.41) is 2.93. The van der Waals surface area contributed by atoms with E-state index in [0.717, 1.165) is 43.6 Å². The highest BCUT2D eigenvalue weighted by molar-refractivity contribution is 5.78. The van der Waals surface area contributed by atoms with Gasteiger partial charge in [-0.1, -0.05) is 12.1 Å². The zero-order valence-corrected chi connectivity index (χ0v) is 17.7. The van der Waals surface area contributed by atoms with Crippen molar-refractivity contribution in [1.82, 2.24) is 19.8 Å². The van der Waals surface area contributed by atoms with Gasteiger partial charge >= 0.3 is 0 Å². The van der Waals surface area contributed by atoms with E-state index in [9.17, 15) is 9.18 Å². The quantitative estimate of drug-likeness (QED) is 0.675. The second-order valence-corrected chi connectivity index (χ2v) is 8.44. The van der Waals surface area contributed by atoms with Crippen LogP contribution in [0.1, 0.15) is 29.5 Å². The van der Waals surface area contributed by atoms with Gasteiger partial charge in [0.2, 0.25) is 5.91 Å². The van der Waals surface area contributed by atoms with Crippen LogP contribution in [0.3, 0.4) is 0 Å². The maximum Gasteiger partial charge on any atom is 0.234 e. The molecule has 2 heterocycles. The number of fused-ring (bicyclic) bond motifs is 1. The normalized spacial score (nSPS) is 15.6. The monoisotopic (exact) mass is 408 g/mol. The second kappa shape index (κ2) is 8.96. The fourth-order valence-electron chi connectivity index (χ4n) is 4.13. The Labute approximate surface area is 176 Å². The number of nitrogens with zero attached hydrogens (tertiary/aromatic N) is 3. The van der Waals surface area contributed by atoms with Crippen LogP contribution in [0.15, 0.2) is 42.7 Å². The zero-order valence-electron chi connectivity index (χ0n) is 17.7. The molecule has 158 valence electrons. The summed E-state index contributed by atoms with van der Waals surface area (Å²) in [6.45, 7) is 7.95. The van der Waals surface area contributed by atoms with Crippen molar-refractivity contribution >= 4 is 16.9 Å². The summed E-state index contributed by atoms with van der Waals surface area (Å²) >= 11 is 0. The number of carbonyl (C=O) groups is 1. The van der Waals surface area contributed by atoms with E-state index >= 15 is 0 Å². The van der Waals surface area contributed by atoms with Gasteiger partial charge in [0.25, 0.3) is 0 Å². The minimum atomic E-state index is -0.262. The van der Waals surface area contributed by atoms with Gasteiger partial charge in [0.05, 0.1) is 23.9 Å². The lowest BCUT2D eigenvalue weighted by Crippen LogP contribution is -2.41. The highest BCUT2D eigenvalue weighted by Crippen LogP contribution is 2.23. The first kappa shape index (κ1) is 20.5. The fraction of sp³-hybridized carbons (Fsp3) is 0.417. The summed E-state index contributed by atoms with van der Waals surface area (Å²) < 4.78 is 15.2. The van der Waals surface area contributed by atoms with Crippen molar-refractivity contribution in [3.63, 3.8) is 0 Å². The highest BCUT2D eigenvalue weighted by atomic mass is 19.1. The van der Waals surface area contributed by atoms with E-state index in [1.54, 1.807) is 12.1 Å². The molecule has 30 heavy (non-hydrogen) atoms. The molecule has 0 atom stereocenters. The third kappa shape index (κ3) is 4.87. The number of piperidine rings is 1. The SMILES string of the molecule is Cc1cc2ncn(CC3CCN(CC(=O)NCc4ccc(F)cc4)CC3)c2cc1C. The number of hydrogen-bond acceptors (Lipinski definition) is 3. The van der Waals surface area contributed by atoms with Gasteiger partial charge in [0.1, 0.15) is 5.82 Å². The molecule has 1 saturated heterocycles. The van der Waals surface area contributed by atoms with Crippen LogP contribution in [-0.2, 0) is 17.9 Å². The Morgan fingerprint density at radius 1 is 1.13 bits per heavy atom. The van der Waals surface area contributed by atoms with Crippen molar-refractivity contribution in [1.29, 1.82) is 0 Å². The van der Waals surface area contributed by atoms with Crippen molar-refractivity contribution in [2.75, 3.05) is 19.6 Å². The molecule has 4 rings (SSSR count). The van der Waals surface area contributed by atoms with Crippen molar-refractivity contribution in [3.05, 3.63) is 65.2 Å². The van der Waals surface area contributed by atoms with Gasteiger partial charge in [-0.25, -0.2) is 9.37 Å². The fourth-order valence-corrected chi connectivity index (χ4v) is 4.13. The van der Waals surface area contributed by atoms with E-state index < -0.39 is 0 Å². The molecular formula is C24H29FN4O. The van der Waals surface area contributed by atoms with E-state index in [1.165, 1.54) is 28.8 Å². The highest BCUT2D eigenvalue weighted by Gasteiger charge is 2.21. The molecule has 1 aromatic heterocycles. The van der Waals surface area contributed by atoms with Crippen molar-refractivity contribution in [3.8, 4) is 0 Å². The molecule has 1 aliphatic rings. The first-order valence-electron chi connectivity index (χ1n) is 10.6. The molecule has 0 spiro atoms. The predicted molar refractivity (Wildman–Crippen MR) is 117 cm³/mol. The molecule has 3 aromatic rings. The maximum atomic E-state index is 13.0. The third-order valence-corrected chi connectivity index (χ3v) is 6.17. The zero-order chi connectivity index (χ0) is 21.1. The van der Waals surface area contributed by atoms with Gasteiger partial charge in [0, 0.05) is 13.1 Å². The lowest BCUT2D eigenvalue weighted by molar-refractivity contribution is -0.122. The third-order valence-electron chi connectivity index (χ3n) is 6.17. The summed E-state index contributed by atoms with van der Waals surface area (Å²) in [4.78, 5) is 19.0. The van der Waals surface area contributed by atoms with Crippen LogP contribution in [0, 0.1) is 25.6 Å². The summed E-state index contributed by atoms with van der Waals surface area (Å²) in [6.07, 6.45) is 4.12. The van der Waals surface area contributed by atoms with Gasteiger partial charge in [-0.3, -0.25) is 9.69 Å². The number of nitrogens with one attached hydrogen (secondary N) is 1. The number of amides is 1. The van der Waals surface area contributed by atoms with Gasteiger partial charge in [-0.15, -0.1) is 0 Å². The van der Waals surface area contributed by atoms with Crippen molar-refractivity contribution in [2.45, 2.75) is 39.8 Å². The van der Waals surface area contributed by atoms with Gasteiger partial charge in [-0.05, 0) is 86.7 Å². The van der Waals surface area contributed by atoms with E-state index in [1.807, 2.05) is 6.33 Å². The molecule has 1 N–H and O–H groups in total. The molecule has 0 saturated carbocycles. The molecule has 6 heteroatoms. The Kier molecular flexibility index (Phi) is 6.13. The molecular weight excluding hydrogens is 379 g/mol.